The molecule has 1 aliphatic rings. The molecule has 0 radical (unpaired) electrons. The second-order valence-corrected chi connectivity index (χ2v) is 10.0. The smallest absolute Gasteiger partial charge is 0.261 e. The summed E-state index contributed by atoms with van der Waals surface area (Å²) in [6.07, 6.45) is 5.50. The fraction of sp³-hybridized carbons (Fsp3) is 0.355. The second-order valence-electron chi connectivity index (χ2n) is 9.59. The van der Waals surface area contributed by atoms with Crippen molar-refractivity contribution < 1.29 is 14.3 Å². The first-order valence-corrected chi connectivity index (χ1v) is 13.5. The van der Waals surface area contributed by atoms with Gasteiger partial charge in [-0.1, -0.05) is 92.0 Å². The van der Waals surface area contributed by atoms with E-state index in [9.17, 15) is 9.59 Å². The summed E-state index contributed by atoms with van der Waals surface area (Å²) < 4.78 is 5.87. The monoisotopic (exact) mass is 518 g/mol. The first-order valence-electron chi connectivity index (χ1n) is 13.1. The molecule has 0 saturated heterocycles. The number of carbonyl (C=O) groups is 2. The van der Waals surface area contributed by atoms with Crippen LogP contribution in [0.2, 0.25) is 5.02 Å². The number of hydrogen-bond donors (Lipinski definition) is 1. The molecule has 2 amide bonds. The molecule has 1 atom stereocenters. The van der Waals surface area contributed by atoms with Crippen molar-refractivity contribution in [3.8, 4) is 5.75 Å². The predicted molar refractivity (Wildman–Crippen MR) is 148 cm³/mol. The summed E-state index contributed by atoms with van der Waals surface area (Å²) in [5, 5.41) is 3.78. The molecular formula is C31H35ClN2O3. The van der Waals surface area contributed by atoms with Gasteiger partial charge < -0.3 is 15.0 Å². The van der Waals surface area contributed by atoms with E-state index in [2.05, 4.69) is 12.2 Å². The summed E-state index contributed by atoms with van der Waals surface area (Å²) >= 11 is 6.49. The normalized spacial score (nSPS) is 14.2. The van der Waals surface area contributed by atoms with Crippen molar-refractivity contribution in [2.75, 3.05) is 6.61 Å². The first kappa shape index (κ1) is 26.7. The van der Waals surface area contributed by atoms with E-state index in [1.165, 1.54) is 5.56 Å². The zero-order valence-corrected chi connectivity index (χ0v) is 22.1. The van der Waals surface area contributed by atoms with Gasteiger partial charge in [0.2, 0.25) is 5.91 Å². The number of nitrogens with one attached hydrogen (secondary N) is 1. The Morgan fingerprint density at radius 1 is 0.946 bits per heavy atom. The summed E-state index contributed by atoms with van der Waals surface area (Å²) in [7, 11) is 0. The van der Waals surface area contributed by atoms with Gasteiger partial charge in [0.05, 0.1) is 0 Å². The minimum absolute atomic E-state index is 0.136. The zero-order valence-electron chi connectivity index (χ0n) is 21.4. The highest BCUT2D eigenvalue weighted by molar-refractivity contribution is 6.31. The zero-order chi connectivity index (χ0) is 26.0. The van der Waals surface area contributed by atoms with Gasteiger partial charge in [-0.05, 0) is 54.2 Å². The minimum Gasteiger partial charge on any atom is -0.484 e. The summed E-state index contributed by atoms with van der Waals surface area (Å²) in [5.41, 5.74) is 2.98. The Morgan fingerprint density at radius 2 is 1.62 bits per heavy atom. The molecule has 5 nitrogen and oxygen atoms in total. The van der Waals surface area contributed by atoms with Gasteiger partial charge in [-0.15, -0.1) is 0 Å². The van der Waals surface area contributed by atoms with E-state index in [1.54, 1.807) is 11.0 Å². The second kappa shape index (κ2) is 13.3. The Labute approximate surface area is 224 Å². The molecule has 3 aromatic carbocycles. The SMILES string of the molecule is CCc1ccc(OCC(=O)N(Cc2ccccc2Cl)[C@H](Cc2ccccc2)C(=O)NC2CCCC2)cc1. The molecule has 0 heterocycles. The summed E-state index contributed by atoms with van der Waals surface area (Å²) in [6.45, 7) is 2.14. The maximum absolute atomic E-state index is 13.7. The molecule has 37 heavy (non-hydrogen) atoms. The average molecular weight is 519 g/mol. The molecule has 6 heteroatoms. The van der Waals surface area contributed by atoms with Gasteiger partial charge in [-0.2, -0.15) is 0 Å². The van der Waals surface area contributed by atoms with Crippen LogP contribution in [-0.4, -0.2) is 35.4 Å². The Balaban J connectivity index is 1.60. The first-order chi connectivity index (χ1) is 18.0. The van der Waals surface area contributed by atoms with E-state index in [4.69, 9.17) is 16.3 Å². The lowest BCUT2D eigenvalue weighted by atomic mass is 10.0. The lowest BCUT2D eigenvalue weighted by molar-refractivity contribution is -0.143. The molecular weight excluding hydrogens is 484 g/mol. The number of hydrogen-bond acceptors (Lipinski definition) is 3. The van der Waals surface area contributed by atoms with Gasteiger partial charge in [0.25, 0.3) is 5.91 Å². The highest BCUT2D eigenvalue weighted by atomic mass is 35.5. The highest BCUT2D eigenvalue weighted by Gasteiger charge is 2.32. The third-order valence-corrected chi connectivity index (χ3v) is 7.33. The number of carbonyl (C=O) groups excluding carboxylic acids is 2. The van der Waals surface area contributed by atoms with Gasteiger partial charge in [0.15, 0.2) is 6.61 Å². The van der Waals surface area contributed by atoms with Crippen molar-refractivity contribution in [2.45, 2.75) is 64.1 Å². The number of nitrogens with zero attached hydrogens (tertiary/aromatic N) is 1. The molecule has 0 spiro atoms. The number of ether oxygens (including phenoxy) is 1. The van der Waals surface area contributed by atoms with Crippen molar-refractivity contribution in [3.63, 3.8) is 0 Å². The van der Waals surface area contributed by atoms with E-state index in [-0.39, 0.29) is 31.0 Å². The molecule has 0 aromatic heterocycles. The van der Waals surface area contributed by atoms with Crippen molar-refractivity contribution in [2.24, 2.45) is 0 Å². The summed E-state index contributed by atoms with van der Waals surface area (Å²) in [4.78, 5) is 29.0. The van der Waals surface area contributed by atoms with Crippen LogP contribution in [0.5, 0.6) is 5.75 Å². The third kappa shape index (κ3) is 7.59. The fourth-order valence-corrected chi connectivity index (χ4v) is 4.98. The summed E-state index contributed by atoms with van der Waals surface area (Å²) in [6, 6.07) is 24.4. The van der Waals surface area contributed by atoms with Crippen LogP contribution in [0.15, 0.2) is 78.9 Å². The van der Waals surface area contributed by atoms with Crippen molar-refractivity contribution in [3.05, 3.63) is 101 Å². The Morgan fingerprint density at radius 3 is 2.30 bits per heavy atom. The minimum atomic E-state index is -0.696. The van der Waals surface area contributed by atoms with Crippen LogP contribution in [0.4, 0.5) is 0 Å². The van der Waals surface area contributed by atoms with Crippen LogP contribution in [0.25, 0.3) is 0 Å². The number of halogens is 1. The fourth-order valence-electron chi connectivity index (χ4n) is 4.78. The molecule has 1 fully saturated rings. The number of benzene rings is 3. The summed E-state index contributed by atoms with van der Waals surface area (Å²) in [5.74, 6) is 0.226. The largest absolute Gasteiger partial charge is 0.484 e. The lowest BCUT2D eigenvalue weighted by Crippen LogP contribution is -2.53. The van der Waals surface area contributed by atoms with Crippen LogP contribution in [-0.2, 0) is 29.0 Å². The van der Waals surface area contributed by atoms with Crippen LogP contribution >= 0.6 is 11.6 Å². The van der Waals surface area contributed by atoms with Gasteiger partial charge >= 0.3 is 0 Å². The molecule has 0 aliphatic heterocycles. The standard InChI is InChI=1S/C31H35ClN2O3/c1-2-23-16-18-27(19-17-23)37-22-30(35)34(21-25-12-6-9-15-28(25)32)29(20-24-10-4-3-5-11-24)31(36)33-26-13-7-8-14-26/h3-6,9-12,15-19,26,29H,2,7-8,13-14,20-22H2,1H3,(H,33,36)/t29-/m1/s1. The predicted octanol–water partition coefficient (Wildman–Crippen LogP) is 5.98. The number of aryl methyl sites for hydroxylation is 1. The topological polar surface area (TPSA) is 58.6 Å². The maximum Gasteiger partial charge on any atom is 0.261 e. The number of rotatable bonds is 11. The van der Waals surface area contributed by atoms with Crippen LogP contribution < -0.4 is 10.1 Å². The molecule has 3 aromatic rings. The molecule has 4 rings (SSSR count). The lowest BCUT2D eigenvalue weighted by Gasteiger charge is -2.32. The number of amides is 2. The molecule has 194 valence electrons. The quantitative estimate of drug-likeness (QED) is 0.339. The van der Waals surface area contributed by atoms with Gasteiger partial charge in [0.1, 0.15) is 11.8 Å². The van der Waals surface area contributed by atoms with Crippen LogP contribution in [0.1, 0.15) is 49.3 Å². The van der Waals surface area contributed by atoms with E-state index in [1.807, 2.05) is 72.8 Å². The van der Waals surface area contributed by atoms with E-state index in [0.717, 1.165) is 43.2 Å². The highest BCUT2D eigenvalue weighted by Crippen LogP contribution is 2.23. The van der Waals surface area contributed by atoms with E-state index in [0.29, 0.717) is 17.2 Å². The van der Waals surface area contributed by atoms with Crippen molar-refractivity contribution in [1.82, 2.24) is 10.2 Å². The average Bonchev–Trinajstić information content (AvgIpc) is 3.44. The maximum atomic E-state index is 13.7. The van der Waals surface area contributed by atoms with Crippen LogP contribution in [0.3, 0.4) is 0 Å². The van der Waals surface area contributed by atoms with E-state index >= 15 is 0 Å². The van der Waals surface area contributed by atoms with Crippen molar-refractivity contribution in [1.29, 1.82) is 0 Å². The third-order valence-electron chi connectivity index (χ3n) is 6.97. The van der Waals surface area contributed by atoms with E-state index < -0.39 is 6.04 Å². The van der Waals surface area contributed by atoms with Gasteiger partial charge in [-0.3, -0.25) is 9.59 Å². The molecule has 0 bridgehead atoms. The molecule has 1 N–H and O–H groups in total. The Kier molecular flexibility index (Phi) is 9.61. The van der Waals surface area contributed by atoms with Crippen LogP contribution in [0, 0.1) is 0 Å². The Bertz CT molecular complexity index is 1160. The Hall–Kier alpha value is -3.31. The molecule has 0 unspecified atom stereocenters. The molecule has 1 saturated carbocycles. The molecule has 1 aliphatic carbocycles. The van der Waals surface area contributed by atoms with Crippen molar-refractivity contribution >= 4 is 23.4 Å². The van der Waals surface area contributed by atoms with Gasteiger partial charge in [0, 0.05) is 24.0 Å². The van der Waals surface area contributed by atoms with Gasteiger partial charge in [-0.25, -0.2) is 0 Å².